The van der Waals surface area contributed by atoms with Gasteiger partial charge in [0.25, 0.3) is 0 Å². The van der Waals surface area contributed by atoms with Crippen molar-refractivity contribution in [3.8, 4) is 22.0 Å². The second kappa shape index (κ2) is 5.76. The molecule has 114 valence electrons. The van der Waals surface area contributed by atoms with Gasteiger partial charge in [-0.25, -0.2) is 0 Å². The molecule has 0 spiro atoms. The summed E-state index contributed by atoms with van der Waals surface area (Å²) in [6.45, 7) is 0. The minimum Gasteiger partial charge on any atom is -0.182 e. The largest absolute Gasteiger partial charge is 0.235 e. The molecule has 0 aliphatic rings. The lowest BCUT2D eigenvalue weighted by atomic mass is 10.2. The van der Waals surface area contributed by atoms with Gasteiger partial charge in [0.05, 0.1) is 5.02 Å². The van der Waals surface area contributed by atoms with Gasteiger partial charge in [0.1, 0.15) is 5.01 Å². The predicted molar refractivity (Wildman–Crippen MR) is 94.6 cm³/mol. The van der Waals surface area contributed by atoms with Crippen LogP contribution in [0.3, 0.4) is 0 Å². The lowest BCUT2D eigenvalue weighted by Gasteiger charge is -2.01. The summed E-state index contributed by atoms with van der Waals surface area (Å²) in [7, 11) is 0. The summed E-state index contributed by atoms with van der Waals surface area (Å²) in [5.74, 6) is 0.575. The Hall–Kier alpha value is -1.66. The lowest BCUT2D eigenvalue weighted by molar-refractivity contribution is 0.971. The monoisotopic (exact) mass is 380 g/mol. The van der Waals surface area contributed by atoms with Crippen LogP contribution in [-0.2, 0) is 0 Å². The van der Waals surface area contributed by atoms with Crippen LogP contribution in [0.5, 0.6) is 0 Å². The quantitative estimate of drug-likeness (QED) is 0.462. The van der Waals surface area contributed by atoms with Crippen LogP contribution in [0.1, 0.15) is 0 Å². The lowest BCUT2D eigenvalue weighted by Crippen LogP contribution is -1.91. The zero-order valence-electron chi connectivity index (χ0n) is 11.4. The zero-order chi connectivity index (χ0) is 16.0. The van der Waals surface area contributed by atoms with E-state index in [1.807, 2.05) is 24.3 Å². The summed E-state index contributed by atoms with van der Waals surface area (Å²) in [4.78, 5) is 0.681. The molecule has 2 aromatic carbocycles. The highest BCUT2D eigenvalue weighted by molar-refractivity contribution is 7.19. The van der Waals surface area contributed by atoms with Crippen LogP contribution in [0, 0.1) is 0 Å². The first-order chi connectivity index (χ1) is 11.1. The number of fused-ring (bicyclic) bond motifs is 1. The molecule has 0 radical (unpaired) electrons. The standard InChI is InChI=1S/C15H7Cl3N4S/c16-9-3-1-2-8(6-9)14-21-22-13(19-20-15(22)23-14)11-5-4-10(17)7-12(11)18/h1-7H. The van der Waals surface area contributed by atoms with Crippen molar-refractivity contribution >= 4 is 51.1 Å². The third-order valence-corrected chi connectivity index (χ3v) is 4.97. The van der Waals surface area contributed by atoms with Gasteiger partial charge in [-0.2, -0.15) is 9.61 Å². The fourth-order valence-electron chi connectivity index (χ4n) is 2.19. The Bertz CT molecular complexity index is 1020. The number of aromatic nitrogens is 4. The molecule has 4 nitrogen and oxygen atoms in total. The van der Waals surface area contributed by atoms with Crippen molar-refractivity contribution in [2.24, 2.45) is 0 Å². The van der Waals surface area contributed by atoms with Gasteiger partial charge < -0.3 is 0 Å². The van der Waals surface area contributed by atoms with Crippen LogP contribution in [0.2, 0.25) is 15.1 Å². The molecule has 0 N–H and O–H groups in total. The zero-order valence-corrected chi connectivity index (χ0v) is 14.5. The van der Waals surface area contributed by atoms with Gasteiger partial charge in [0, 0.05) is 21.2 Å². The van der Waals surface area contributed by atoms with Gasteiger partial charge in [0.15, 0.2) is 5.82 Å². The first-order valence-electron chi connectivity index (χ1n) is 6.55. The van der Waals surface area contributed by atoms with E-state index in [1.54, 1.807) is 22.7 Å². The molecule has 0 unspecified atom stereocenters. The molecule has 0 amide bonds. The average molecular weight is 382 g/mol. The highest BCUT2D eigenvalue weighted by Gasteiger charge is 2.16. The number of nitrogens with zero attached hydrogens (tertiary/aromatic N) is 4. The van der Waals surface area contributed by atoms with Crippen LogP contribution in [-0.4, -0.2) is 19.8 Å². The van der Waals surface area contributed by atoms with Crippen LogP contribution >= 0.6 is 46.1 Å². The first kappa shape index (κ1) is 14.9. The SMILES string of the molecule is Clc1cccc(-c2nn3c(-c4ccc(Cl)cc4Cl)nnc3s2)c1. The third kappa shape index (κ3) is 2.70. The van der Waals surface area contributed by atoms with E-state index in [0.717, 1.165) is 16.1 Å². The van der Waals surface area contributed by atoms with Gasteiger partial charge in [0.2, 0.25) is 4.96 Å². The van der Waals surface area contributed by atoms with E-state index >= 15 is 0 Å². The molecule has 0 saturated carbocycles. The minimum atomic E-state index is 0.504. The van der Waals surface area contributed by atoms with E-state index < -0.39 is 0 Å². The summed E-state index contributed by atoms with van der Waals surface area (Å²) in [6.07, 6.45) is 0. The van der Waals surface area contributed by atoms with Gasteiger partial charge in [-0.3, -0.25) is 0 Å². The fourth-order valence-corrected chi connectivity index (χ4v) is 3.71. The van der Waals surface area contributed by atoms with Gasteiger partial charge in [-0.1, -0.05) is 58.3 Å². The Morgan fingerprint density at radius 2 is 1.74 bits per heavy atom. The average Bonchev–Trinajstić information content (AvgIpc) is 3.08. The van der Waals surface area contributed by atoms with Gasteiger partial charge >= 0.3 is 0 Å². The summed E-state index contributed by atoms with van der Waals surface area (Å²) in [6, 6.07) is 12.8. The molecule has 4 rings (SSSR count). The van der Waals surface area contributed by atoms with Gasteiger partial charge in [-0.05, 0) is 30.3 Å². The molecule has 0 fully saturated rings. The molecular weight excluding hydrogens is 375 g/mol. The molecule has 0 aliphatic heterocycles. The van der Waals surface area contributed by atoms with Crippen LogP contribution in [0.25, 0.3) is 26.9 Å². The number of hydrogen-bond acceptors (Lipinski definition) is 4. The smallest absolute Gasteiger partial charge is 0.182 e. The van der Waals surface area contributed by atoms with Crippen molar-refractivity contribution in [1.29, 1.82) is 0 Å². The molecule has 8 heteroatoms. The van der Waals surface area contributed by atoms with Crippen molar-refractivity contribution < 1.29 is 0 Å². The van der Waals surface area contributed by atoms with E-state index in [1.165, 1.54) is 11.3 Å². The first-order valence-corrected chi connectivity index (χ1v) is 8.50. The topological polar surface area (TPSA) is 43.1 Å². The van der Waals surface area contributed by atoms with Crippen molar-refractivity contribution in [3.63, 3.8) is 0 Å². The van der Waals surface area contributed by atoms with Gasteiger partial charge in [-0.15, -0.1) is 10.2 Å². The molecule has 0 bridgehead atoms. The molecule has 2 aromatic heterocycles. The Labute approximate surface area is 150 Å². The Balaban J connectivity index is 1.87. The van der Waals surface area contributed by atoms with Crippen LogP contribution in [0.4, 0.5) is 0 Å². The van der Waals surface area contributed by atoms with E-state index in [4.69, 9.17) is 34.8 Å². The number of rotatable bonds is 2. The minimum absolute atomic E-state index is 0.504. The number of benzene rings is 2. The summed E-state index contributed by atoms with van der Waals surface area (Å²) in [5, 5.41) is 15.5. The molecular formula is C15H7Cl3N4S. The van der Waals surface area contributed by atoms with E-state index in [-0.39, 0.29) is 0 Å². The van der Waals surface area contributed by atoms with E-state index in [0.29, 0.717) is 25.9 Å². The normalized spacial score (nSPS) is 11.3. The maximum absolute atomic E-state index is 6.26. The molecule has 2 heterocycles. The second-order valence-corrected chi connectivity index (χ2v) is 7.00. The maximum Gasteiger partial charge on any atom is 0.235 e. The summed E-state index contributed by atoms with van der Waals surface area (Å²) < 4.78 is 1.68. The predicted octanol–water partition coefficient (Wildman–Crippen LogP) is 5.48. The van der Waals surface area contributed by atoms with Crippen molar-refractivity contribution in [3.05, 3.63) is 57.5 Å². The Morgan fingerprint density at radius 1 is 0.913 bits per heavy atom. The number of hydrogen-bond donors (Lipinski definition) is 0. The summed E-state index contributed by atoms with van der Waals surface area (Å²) in [5.41, 5.74) is 1.66. The fraction of sp³-hybridized carbons (Fsp3) is 0. The summed E-state index contributed by atoms with van der Waals surface area (Å²) >= 11 is 19.7. The van der Waals surface area contributed by atoms with Crippen molar-refractivity contribution in [1.82, 2.24) is 19.8 Å². The number of halogens is 3. The molecule has 0 saturated heterocycles. The Kier molecular flexibility index (Phi) is 3.73. The molecule has 0 aliphatic carbocycles. The Morgan fingerprint density at radius 3 is 2.52 bits per heavy atom. The molecule has 23 heavy (non-hydrogen) atoms. The highest BCUT2D eigenvalue weighted by Crippen LogP contribution is 2.32. The molecule has 4 aromatic rings. The second-order valence-electron chi connectivity index (χ2n) is 4.76. The maximum atomic E-state index is 6.26. The van der Waals surface area contributed by atoms with E-state index in [9.17, 15) is 0 Å². The third-order valence-electron chi connectivity index (χ3n) is 3.23. The highest BCUT2D eigenvalue weighted by atomic mass is 35.5. The van der Waals surface area contributed by atoms with Crippen LogP contribution in [0.15, 0.2) is 42.5 Å². The van der Waals surface area contributed by atoms with E-state index in [2.05, 4.69) is 15.3 Å². The molecule has 0 atom stereocenters. The van der Waals surface area contributed by atoms with Crippen LogP contribution < -0.4 is 0 Å². The van der Waals surface area contributed by atoms with Crippen molar-refractivity contribution in [2.75, 3.05) is 0 Å². The van der Waals surface area contributed by atoms with Crippen molar-refractivity contribution in [2.45, 2.75) is 0 Å².